The molecule has 0 N–H and O–H groups in total. The van der Waals surface area contributed by atoms with E-state index in [4.69, 9.17) is 28.3 Å². The second-order valence-electron chi connectivity index (χ2n) is 7.78. The van der Waals surface area contributed by atoms with Gasteiger partial charge in [-0.25, -0.2) is 0 Å². The number of hydrogen-bond acceptors (Lipinski definition) is 2. The zero-order chi connectivity index (χ0) is 21.7. The van der Waals surface area contributed by atoms with Gasteiger partial charge in [-0.05, 0) is 45.8 Å². The number of aromatic nitrogens is 2. The lowest BCUT2D eigenvalue weighted by Crippen LogP contribution is -1.96. The van der Waals surface area contributed by atoms with Crippen molar-refractivity contribution in [3.63, 3.8) is 0 Å². The average Bonchev–Trinajstić information content (AvgIpc) is 2.84. The van der Waals surface area contributed by atoms with Crippen molar-refractivity contribution >= 4 is 55.5 Å². The van der Waals surface area contributed by atoms with Gasteiger partial charge in [0.25, 0.3) is 0 Å². The largest absolute Gasteiger partial charge is 0.149 e. The van der Waals surface area contributed by atoms with Gasteiger partial charge in [0.1, 0.15) is 11.4 Å². The van der Waals surface area contributed by atoms with Crippen molar-refractivity contribution in [3.8, 4) is 22.5 Å². The van der Waals surface area contributed by atoms with Crippen LogP contribution in [0.1, 0.15) is 0 Å². The Kier molecular flexibility index (Phi) is 4.57. The van der Waals surface area contributed by atoms with E-state index in [1.807, 2.05) is 48.5 Å². The Morgan fingerprint density at radius 2 is 1.00 bits per heavy atom. The van der Waals surface area contributed by atoms with E-state index in [0.29, 0.717) is 10.0 Å². The van der Waals surface area contributed by atoms with Crippen molar-refractivity contribution in [3.05, 3.63) is 107 Å². The third-order valence-corrected chi connectivity index (χ3v) is 6.41. The summed E-state index contributed by atoms with van der Waals surface area (Å²) < 4.78 is 0. The van der Waals surface area contributed by atoms with Crippen molar-refractivity contribution in [2.75, 3.05) is 0 Å². The molecule has 6 rings (SSSR count). The standard InChI is InChI=1S/C28H16Cl2N2/c29-20-10-5-18(6-11-20)27-25-16-15-23-22-4-2-1-3-17(22)9-14-24(23)26(25)28(32-31-27)19-7-12-21(30)13-8-19/h1-16H. The van der Waals surface area contributed by atoms with E-state index in [0.717, 1.165) is 38.7 Å². The van der Waals surface area contributed by atoms with Crippen molar-refractivity contribution in [1.29, 1.82) is 0 Å². The summed E-state index contributed by atoms with van der Waals surface area (Å²) in [5.74, 6) is 0. The molecular weight excluding hydrogens is 435 g/mol. The van der Waals surface area contributed by atoms with Crippen LogP contribution in [0, 0.1) is 0 Å². The predicted molar refractivity (Wildman–Crippen MR) is 135 cm³/mol. The topological polar surface area (TPSA) is 25.8 Å². The second-order valence-corrected chi connectivity index (χ2v) is 8.65. The van der Waals surface area contributed by atoms with E-state index in [1.165, 1.54) is 16.2 Å². The van der Waals surface area contributed by atoms with Crippen LogP contribution in [0.5, 0.6) is 0 Å². The zero-order valence-corrected chi connectivity index (χ0v) is 18.4. The van der Waals surface area contributed by atoms with Crippen LogP contribution < -0.4 is 0 Å². The van der Waals surface area contributed by atoms with Gasteiger partial charge in [-0.3, -0.25) is 0 Å². The van der Waals surface area contributed by atoms with Crippen molar-refractivity contribution < 1.29 is 0 Å². The first kappa shape index (κ1) is 19.2. The Balaban J connectivity index is 1.76. The molecule has 0 amide bonds. The summed E-state index contributed by atoms with van der Waals surface area (Å²) in [7, 11) is 0. The minimum atomic E-state index is 0.694. The Morgan fingerprint density at radius 3 is 1.72 bits per heavy atom. The van der Waals surface area contributed by atoms with Crippen LogP contribution in [0.4, 0.5) is 0 Å². The first-order chi connectivity index (χ1) is 15.7. The molecule has 0 saturated carbocycles. The first-order valence-corrected chi connectivity index (χ1v) is 11.1. The maximum atomic E-state index is 6.15. The number of benzene rings is 5. The summed E-state index contributed by atoms with van der Waals surface area (Å²) in [6.45, 7) is 0. The van der Waals surface area contributed by atoms with Crippen molar-refractivity contribution in [2.24, 2.45) is 0 Å². The quantitative estimate of drug-likeness (QED) is 0.247. The zero-order valence-electron chi connectivity index (χ0n) is 16.9. The number of halogens is 2. The lowest BCUT2D eigenvalue weighted by Gasteiger charge is -2.14. The number of rotatable bonds is 2. The fourth-order valence-corrected chi connectivity index (χ4v) is 4.63. The normalized spacial score (nSPS) is 11.4. The van der Waals surface area contributed by atoms with E-state index in [-0.39, 0.29) is 0 Å². The van der Waals surface area contributed by atoms with Gasteiger partial charge in [0.15, 0.2) is 0 Å². The third-order valence-electron chi connectivity index (χ3n) is 5.90. The highest BCUT2D eigenvalue weighted by Crippen LogP contribution is 2.39. The van der Waals surface area contributed by atoms with Crippen LogP contribution in [-0.2, 0) is 0 Å². The Morgan fingerprint density at radius 1 is 0.438 bits per heavy atom. The summed E-state index contributed by atoms with van der Waals surface area (Å²) >= 11 is 12.3. The third kappa shape index (κ3) is 3.12. The molecule has 6 aromatic rings. The fourth-order valence-electron chi connectivity index (χ4n) is 4.38. The highest BCUT2D eigenvalue weighted by molar-refractivity contribution is 6.31. The van der Waals surface area contributed by atoms with E-state index in [2.05, 4.69) is 53.6 Å². The van der Waals surface area contributed by atoms with Crippen LogP contribution in [0.3, 0.4) is 0 Å². The maximum absolute atomic E-state index is 6.15. The van der Waals surface area contributed by atoms with Gasteiger partial charge in [0.05, 0.1) is 0 Å². The van der Waals surface area contributed by atoms with Gasteiger partial charge in [0.2, 0.25) is 0 Å². The van der Waals surface area contributed by atoms with Gasteiger partial charge in [-0.2, -0.15) is 0 Å². The molecule has 4 heteroatoms. The molecular formula is C28H16Cl2N2. The SMILES string of the molecule is Clc1ccc(-c2nnc(-c3ccc(Cl)cc3)c3c2ccc2c4ccccc4ccc23)cc1. The van der Waals surface area contributed by atoms with Gasteiger partial charge in [-0.1, -0.05) is 96.0 Å². The molecule has 1 aromatic heterocycles. The lowest BCUT2D eigenvalue weighted by atomic mass is 9.93. The molecule has 32 heavy (non-hydrogen) atoms. The molecule has 5 aromatic carbocycles. The Bertz CT molecular complexity index is 1620. The molecule has 1 heterocycles. The molecule has 0 aliphatic rings. The molecule has 0 aliphatic heterocycles. The smallest absolute Gasteiger partial charge is 0.101 e. The molecule has 0 atom stereocenters. The monoisotopic (exact) mass is 450 g/mol. The van der Waals surface area contributed by atoms with Crippen LogP contribution >= 0.6 is 23.2 Å². The lowest BCUT2D eigenvalue weighted by molar-refractivity contribution is 1.06. The summed E-state index contributed by atoms with van der Waals surface area (Å²) in [5.41, 5.74) is 3.64. The molecule has 152 valence electrons. The molecule has 0 unspecified atom stereocenters. The number of nitrogens with zero attached hydrogens (tertiary/aromatic N) is 2. The van der Waals surface area contributed by atoms with Crippen molar-refractivity contribution in [2.45, 2.75) is 0 Å². The summed E-state index contributed by atoms with van der Waals surface area (Å²) in [4.78, 5) is 0. The number of fused-ring (bicyclic) bond motifs is 5. The highest BCUT2D eigenvalue weighted by Gasteiger charge is 2.16. The van der Waals surface area contributed by atoms with E-state index in [1.54, 1.807) is 0 Å². The molecule has 0 radical (unpaired) electrons. The van der Waals surface area contributed by atoms with Gasteiger partial charge >= 0.3 is 0 Å². The maximum Gasteiger partial charge on any atom is 0.101 e. The average molecular weight is 451 g/mol. The first-order valence-electron chi connectivity index (χ1n) is 10.3. The molecule has 0 spiro atoms. The van der Waals surface area contributed by atoms with E-state index in [9.17, 15) is 0 Å². The number of hydrogen-bond donors (Lipinski definition) is 0. The van der Waals surface area contributed by atoms with Gasteiger partial charge in [0, 0.05) is 31.9 Å². The van der Waals surface area contributed by atoms with Crippen LogP contribution in [0.2, 0.25) is 10.0 Å². The van der Waals surface area contributed by atoms with E-state index < -0.39 is 0 Å². The Hall–Kier alpha value is -3.46. The predicted octanol–water partition coefficient (Wildman–Crippen LogP) is 8.58. The van der Waals surface area contributed by atoms with Crippen molar-refractivity contribution in [1.82, 2.24) is 10.2 Å². The molecule has 0 bridgehead atoms. The summed E-state index contributed by atoms with van der Waals surface area (Å²) in [6, 6.07) is 32.6. The second kappa shape index (κ2) is 7.59. The van der Waals surface area contributed by atoms with Crippen LogP contribution in [0.25, 0.3) is 54.8 Å². The van der Waals surface area contributed by atoms with Gasteiger partial charge in [-0.15, -0.1) is 10.2 Å². The molecule has 0 saturated heterocycles. The fraction of sp³-hybridized carbons (Fsp3) is 0. The van der Waals surface area contributed by atoms with Crippen LogP contribution in [-0.4, -0.2) is 10.2 Å². The van der Waals surface area contributed by atoms with E-state index >= 15 is 0 Å². The highest BCUT2D eigenvalue weighted by atomic mass is 35.5. The molecule has 0 aliphatic carbocycles. The molecule has 2 nitrogen and oxygen atoms in total. The van der Waals surface area contributed by atoms with Crippen LogP contribution in [0.15, 0.2) is 97.1 Å². The van der Waals surface area contributed by atoms with Gasteiger partial charge < -0.3 is 0 Å². The minimum Gasteiger partial charge on any atom is -0.149 e. The molecule has 0 fully saturated rings. The Labute approximate surface area is 195 Å². The summed E-state index contributed by atoms with van der Waals surface area (Å²) in [5, 5.41) is 17.7. The summed E-state index contributed by atoms with van der Waals surface area (Å²) in [6.07, 6.45) is 0. The minimum absolute atomic E-state index is 0.694.